The Morgan fingerprint density at radius 2 is 2.25 bits per heavy atom. The second kappa shape index (κ2) is 7.65. The molecule has 0 aliphatic rings. The van der Waals surface area contributed by atoms with E-state index in [1.807, 2.05) is 13.0 Å². The molecule has 4 heteroatoms. The van der Waals surface area contributed by atoms with Crippen LogP contribution >= 0.6 is 11.8 Å². The van der Waals surface area contributed by atoms with Gasteiger partial charge in [0.15, 0.2) is 0 Å². The first-order chi connectivity index (χ1) is 7.79. The molecule has 0 radical (unpaired) electrons. The van der Waals surface area contributed by atoms with E-state index in [0.29, 0.717) is 13.2 Å². The van der Waals surface area contributed by atoms with Gasteiger partial charge in [0, 0.05) is 25.1 Å². The number of rotatable bonds is 7. The van der Waals surface area contributed by atoms with Crippen molar-refractivity contribution < 1.29 is 9.13 Å². The summed E-state index contributed by atoms with van der Waals surface area (Å²) in [4.78, 5) is 0.759. The summed E-state index contributed by atoms with van der Waals surface area (Å²) in [5.74, 6) is 0.754. The van der Waals surface area contributed by atoms with E-state index in [1.165, 1.54) is 6.07 Å². The third kappa shape index (κ3) is 4.12. The SMILES string of the molecule is CCSc1c(F)cccc1CNCCOC. The Morgan fingerprint density at radius 3 is 2.94 bits per heavy atom. The van der Waals surface area contributed by atoms with Gasteiger partial charge in [0.2, 0.25) is 0 Å². The van der Waals surface area contributed by atoms with Gasteiger partial charge >= 0.3 is 0 Å². The number of hydrogen-bond donors (Lipinski definition) is 1. The first kappa shape index (κ1) is 13.5. The number of methoxy groups -OCH3 is 1. The molecule has 0 spiro atoms. The van der Waals surface area contributed by atoms with Gasteiger partial charge in [-0.2, -0.15) is 0 Å². The van der Waals surface area contributed by atoms with E-state index in [2.05, 4.69) is 5.32 Å². The van der Waals surface area contributed by atoms with Crippen molar-refractivity contribution in [1.29, 1.82) is 0 Å². The van der Waals surface area contributed by atoms with Crippen LogP contribution in [0.1, 0.15) is 12.5 Å². The van der Waals surface area contributed by atoms with Crippen LogP contribution < -0.4 is 5.32 Å². The lowest BCUT2D eigenvalue weighted by Crippen LogP contribution is -2.19. The molecule has 0 unspecified atom stereocenters. The Balaban J connectivity index is 2.59. The number of halogens is 1. The molecule has 0 amide bonds. The minimum Gasteiger partial charge on any atom is -0.383 e. The van der Waals surface area contributed by atoms with Crippen LogP contribution in [0.25, 0.3) is 0 Å². The number of nitrogens with one attached hydrogen (secondary N) is 1. The second-order valence-electron chi connectivity index (χ2n) is 3.33. The highest BCUT2D eigenvalue weighted by Crippen LogP contribution is 2.25. The predicted octanol–water partition coefficient (Wildman–Crippen LogP) is 2.67. The molecule has 90 valence electrons. The fourth-order valence-corrected chi connectivity index (χ4v) is 2.22. The van der Waals surface area contributed by atoms with Crippen molar-refractivity contribution >= 4 is 11.8 Å². The Hall–Kier alpha value is -0.580. The van der Waals surface area contributed by atoms with E-state index in [4.69, 9.17) is 4.74 Å². The van der Waals surface area contributed by atoms with E-state index >= 15 is 0 Å². The quantitative estimate of drug-likeness (QED) is 0.587. The van der Waals surface area contributed by atoms with E-state index in [1.54, 1.807) is 24.9 Å². The van der Waals surface area contributed by atoms with Crippen molar-refractivity contribution in [3.8, 4) is 0 Å². The molecule has 16 heavy (non-hydrogen) atoms. The molecule has 0 atom stereocenters. The smallest absolute Gasteiger partial charge is 0.137 e. The van der Waals surface area contributed by atoms with Gasteiger partial charge in [-0.15, -0.1) is 11.8 Å². The zero-order valence-corrected chi connectivity index (χ0v) is 10.6. The molecule has 0 saturated carbocycles. The monoisotopic (exact) mass is 243 g/mol. The van der Waals surface area contributed by atoms with Crippen molar-refractivity contribution in [3.05, 3.63) is 29.6 Å². The van der Waals surface area contributed by atoms with Crippen LogP contribution in [0.15, 0.2) is 23.1 Å². The average Bonchev–Trinajstić information content (AvgIpc) is 2.29. The third-order valence-corrected chi connectivity index (χ3v) is 3.17. The molecule has 1 N–H and O–H groups in total. The number of hydrogen-bond acceptors (Lipinski definition) is 3. The summed E-state index contributed by atoms with van der Waals surface area (Å²) in [6, 6.07) is 5.22. The molecular formula is C12H18FNOS. The second-order valence-corrected chi connectivity index (χ2v) is 4.60. The molecule has 0 fully saturated rings. The fourth-order valence-electron chi connectivity index (χ4n) is 1.40. The predicted molar refractivity (Wildman–Crippen MR) is 66.4 cm³/mol. The lowest BCUT2D eigenvalue weighted by molar-refractivity contribution is 0.199. The third-order valence-electron chi connectivity index (χ3n) is 2.14. The lowest BCUT2D eigenvalue weighted by Gasteiger charge is -2.10. The summed E-state index contributed by atoms with van der Waals surface area (Å²) in [5.41, 5.74) is 1.02. The van der Waals surface area contributed by atoms with E-state index in [-0.39, 0.29) is 5.82 Å². The summed E-state index contributed by atoms with van der Waals surface area (Å²) in [6.45, 7) is 4.16. The summed E-state index contributed by atoms with van der Waals surface area (Å²) in [6.07, 6.45) is 0. The Bertz CT molecular complexity index is 320. The summed E-state index contributed by atoms with van der Waals surface area (Å²) in [7, 11) is 1.67. The van der Waals surface area contributed by atoms with Gasteiger partial charge in [-0.25, -0.2) is 4.39 Å². The van der Waals surface area contributed by atoms with Crippen molar-refractivity contribution in [2.75, 3.05) is 26.0 Å². The minimum absolute atomic E-state index is 0.127. The van der Waals surface area contributed by atoms with Crippen molar-refractivity contribution in [3.63, 3.8) is 0 Å². The highest BCUT2D eigenvalue weighted by atomic mass is 32.2. The van der Waals surface area contributed by atoms with Crippen LogP contribution in [0, 0.1) is 5.82 Å². The molecule has 1 aromatic carbocycles. The first-order valence-electron chi connectivity index (χ1n) is 5.39. The zero-order chi connectivity index (χ0) is 11.8. The Morgan fingerprint density at radius 1 is 1.44 bits per heavy atom. The molecule has 0 bridgehead atoms. The Kier molecular flexibility index (Phi) is 6.45. The molecule has 0 aliphatic heterocycles. The van der Waals surface area contributed by atoms with Gasteiger partial charge in [-0.05, 0) is 17.4 Å². The highest BCUT2D eigenvalue weighted by molar-refractivity contribution is 7.99. The van der Waals surface area contributed by atoms with E-state index < -0.39 is 0 Å². The molecule has 1 aromatic rings. The highest BCUT2D eigenvalue weighted by Gasteiger charge is 2.07. The topological polar surface area (TPSA) is 21.3 Å². The van der Waals surface area contributed by atoms with E-state index in [9.17, 15) is 4.39 Å². The Labute approximate surface area is 101 Å². The first-order valence-corrected chi connectivity index (χ1v) is 6.38. The summed E-state index contributed by atoms with van der Waals surface area (Å²) in [5, 5.41) is 3.22. The molecule has 1 rings (SSSR count). The zero-order valence-electron chi connectivity index (χ0n) is 9.75. The number of thioether (sulfide) groups is 1. The molecule has 0 aromatic heterocycles. The van der Waals surface area contributed by atoms with Gasteiger partial charge in [0.05, 0.1) is 6.61 Å². The summed E-state index contributed by atoms with van der Waals surface area (Å²) < 4.78 is 18.5. The number of benzene rings is 1. The van der Waals surface area contributed by atoms with Gasteiger partial charge in [0.1, 0.15) is 5.82 Å². The van der Waals surface area contributed by atoms with Gasteiger partial charge < -0.3 is 10.1 Å². The minimum atomic E-state index is -0.127. The molecule has 0 aliphatic carbocycles. The van der Waals surface area contributed by atoms with E-state index in [0.717, 1.165) is 22.8 Å². The van der Waals surface area contributed by atoms with Crippen LogP contribution in [-0.2, 0) is 11.3 Å². The van der Waals surface area contributed by atoms with Gasteiger partial charge in [-0.3, -0.25) is 0 Å². The molecule has 0 heterocycles. The largest absolute Gasteiger partial charge is 0.383 e. The summed E-state index contributed by atoms with van der Waals surface area (Å²) >= 11 is 1.55. The van der Waals surface area contributed by atoms with Crippen LogP contribution in [0.4, 0.5) is 4.39 Å². The maximum Gasteiger partial charge on any atom is 0.137 e. The van der Waals surface area contributed by atoms with Gasteiger partial charge in [0.25, 0.3) is 0 Å². The van der Waals surface area contributed by atoms with Crippen molar-refractivity contribution in [1.82, 2.24) is 5.32 Å². The normalized spacial score (nSPS) is 10.7. The van der Waals surface area contributed by atoms with Crippen molar-refractivity contribution in [2.45, 2.75) is 18.4 Å². The average molecular weight is 243 g/mol. The van der Waals surface area contributed by atoms with Crippen molar-refractivity contribution in [2.24, 2.45) is 0 Å². The number of ether oxygens (including phenoxy) is 1. The standard InChI is InChI=1S/C12H18FNOS/c1-3-16-12-10(5-4-6-11(12)13)9-14-7-8-15-2/h4-6,14H,3,7-9H2,1-2H3. The van der Waals surface area contributed by atoms with Crippen LogP contribution in [0.5, 0.6) is 0 Å². The van der Waals surface area contributed by atoms with Crippen LogP contribution in [0.2, 0.25) is 0 Å². The molecule has 2 nitrogen and oxygen atoms in total. The van der Waals surface area contributed by atoms with Gasteiger partial charge in [-0.1, -0.05) is 19.1 Å². The molecular weight excluding hydrogens is 225 g/mol. The molecule has 0 saturated heterocycles. The maximum atomic E-state index is 13.5. The maximum absolute atomic E-state index is 13.5. The lowest BCUT2D eigenvalue weighted by atomic mass is 10.2. The fraction of sp³-hybridized carbons (Fsp3) is 0.500. The van der Waals surface area contributed by atoms with Crippen LogP contribution in [-0.4, -0.2) is 26.0 Å². The van der Waals surface area contributed by atoms with Crippen LogP contribution in [0.3, 0.4) is 0 Å².